The van der Waals surface area contributed by atoms with Gasteiger partial charge in [0.05, 0.1) is 22.2 Å². The maximum Gasteiger partial charge on any atom is 0.335 e. The number of carbonyl (C=O) groups excluding carboxylic acids is 1. The fraction of sp³-hybridized carbons (Fsp3) is 0.333. The SMILES string of the molecule is CC(C)(C)N(C(=O)c1ccccc1Cl)C1CCc2ccc(C(=O)O)cc21. The average molecular weight is 372 g/mol. The summed E-state index contributed by atoms with van der Waals surface area (Å²) in [6, 6.07) is 12.0. The summed E-state index contributed by atoms with van der Waals surface area (Å²) in [5.41, 5.74) is 2.28. The Kier molecular flexibility index (Phi) is 4.80. The van der Waals surface area contributed by atoms with Gasteiger partial charge >= 0.3 is 5.97 Å². The van der Waals surface area contributed by atoms with Crippen LogP contribution in [0.1, 0.15) is 65.1 Å². The van der Waals surface area contributed by atoms with Gasteiger partial charge in [-0.2, -0.15) is 0 Å². The van der Waals surface area contributed by atoms with Crippen LogP contribution in [-0.4, -0.2) is 27.4 Å². The summed E-state index contributed by atoms with van der Waals surface area (Å²) in [4.78, 5) is 26.6. The number of benzene rings is 2. The van der Waals surface area contributed by atoms with Gasteiger partial charge in [-0.1, -0.05) is 29.8 Å². The molecule has 26 heavy (non-hydrogen) atoms. The van der Waals surface area contributed by atoms with Crippen molar-refractivity contribution < 1.29 is 14.7 Å². The molecule has 5 heteroatoms. The van der Waals surface area contributed by atoms with E-state index < -0.39 is 11.5 Å². The predicted molar refractivity (Wildman–Crippen MR) is 102 cm³/mol. The van der Waals surface area contributed by atoms with Crippen LogP contribution in [0, 0.1) is 0 Å². The van der Waals surface area contributed by atoms with Gasteiger partial charge in [0, 0.05) is 5.54 Å². The van der Waals surface area contributed by atoms with Crippen molar-refractivity contribution in [3.63, 3.8) is 0 Å². The normalized spacial score (nSPS) is 16.2. The molecule has 0 aromatic heterocycles. The number of aromatic carboxylic acids is 1. The zero-order valence-corrected chi connectivity index (χ0v) is 15.9. The van der Waals surface area contributed by atoms with E-state index in [1.165, 1.54) is 0 Å². The fourth-order valence-corrected chi connectivity index (χ4v) is 3.88. The lowest BCUT2D eigenvalue weighted by molar-refractivity contribution is 0.0435. The third-order valence-electron chi connectivity index (χ3n) is 4.80. The number of fused-ring (bicyclic) bond motifs is 1. The number of amides is 1. The van der Waals surface area contributed by atoms with Crippen LogP contribution in [-0.2, 0) is 6.42 Å². The molecular weight excluding hydrogens is 350 g/mol. The molecule has 3 rings (SSSR count). The number of carbonyl (C=O) groups is 2. The zero-order chi connectivity index (χ0) is 19.1. The van der Waals surface area contributed by atoms with Crippen molar-refractivity contribution in [2.24, 2.45) is 0 Å². The first-order valence-corrected chi connectivity index (χ1v) is 9.02. The van der Waals surface area contributed by atoms with E-state index in [1.54, 1.807) is 36.4 Å². The summed E-state index contributed by atoms with van der Waals surface area (Å²) >= 11 is 6.26. The quantitative estimate of drug-likeness (QED) is 0.828. The van der Waals surface area contributed by atoms with Gasteiger partial charge in [0.15, 0.2) is 0 Å². The van der Waals surface area contributed by atoms with E-state index in [4.69, 9.17) is 11.6 Å². The number of carboxylic acid groups (broad SMARTS) is 1. The van der Waals surface area contributed by atoms with Crippen LogP contribution < -0.4 is 0 Å². The van der Waals surface area contributed by atoms with Crippen LogP contribution in [0.3, 0.4) is 0 Å². The molecule has 1 aliphatic carbocycles. The molecule has 2 aromatic carbocycles. The molecule has 1 aliphatic rings. The van der Waals surface area contributed by atoms with E-state index >= 15 is 0 Å². The molecule has 136 valence electrons. The minimum atomic E-state index is -0.960. The van der Waals surface area contributed by atoms with Crippen molar-refractivity contribution in [2.45, 2.75) is 45.2 Å². The minimum Gasteiger partial charge on any atom is -0.478 e. The van der Waals surface area contributed by atoms with E-state index in [9.17, 15) is 14.7 Å². The van der Waals surface area contributed by atoms with E-state index in [2.05, 4.69) is 0 Å². The lowest BCUT2D eigenvalue weighted by atomic mass is 9.96. The molecule has 0 heterocycles. The Hall–Kier alpha value is -2.33. The predicted octanol–water partition coefficient (Wildman–Crippen LogP) is 4.97. The van der Waals surface area contributed by atoms with E-state index in [-0.39, 0.29) is 17.5 Å². The standard InChI is InChI=1S/C21H22ClNO3/c1-21(2,3)23(19(24)15-6-4-5-7-17(15)22)18-11-10-13-8-9-14(20(25)26)12-16(13)18/h4-9,12,18H,10-11H2,1-3H3,(H,25,26). The first kappa shape index (κ1) is 18.5. The molecule has 0 fully saturated rings. The van der Waals surface area contributed by atoms with Gasteiger partial charge in [-0.25, -0.2) is 4.79 Å². The molecule has 0 saturated carbocycles. The third-order valence-corrected chi connectivity index (χ3v) is 5.13. The lowest BCUT2D eigenvalue weighted by Crippen LogP contribution is -2.47. The van der Waals surface area contributed by atoms with Crippen molar-refractivity contribution in [1.29, 1.82) is 0 Å². The zero-order valence-electron chi connectivity index (χ0n) is 15.1. The molecule has 0 radical (unpaired) electrons. The van der Waals surface area contributed by atoms with Crippen molar-refractivity contribution in [1.82, 2.24) is 4.90 Å². The van der Waals surface area contributed by atoms with Crippen molar-refractivity contribution >= 4 is 23.5 Å². The number of hydrogen-bond acceptors (Lipinski definition) is 2. The summed E-state index contributed by atoms with van der Waals surface area (Å²) < 4.78 is 0. The molecular formula is C21H22ClNO3. The molecule has 4 nitrogen and oxygen atoms in total. The van der Waals surface area contributed by atoms with Gasteiger partial charge in [-0.05, 0) is 69.0 Å². The van der Waals surface area contributed by atoms with Crippen LogP contribution in [0.4, 0.5) is 0 Å². The Labute approximate surface area is 158 Å². The number of nitrogens with zero attached hydrogens (tertiary/aromatic N) is 1. The maximum absolute atomic E-state index is 13.4. The van der Waals surface area contributed by atoms with E-state index in [1.807, 2.05) is 31.7 Å². The number of halogens is 1. The summed E-state index contributed by atoms with van der Waals surface area (Å²) in [6.07, 6.45) is 1.59. The third kappa shape index (κ3) is 3.34. The van der Waals surface area contributed by atoms with Gasteiger partial charge in [0.25, 0.3) is 5.91 Å². The summed E-state index contributed by atoms with van der Waals surface area (Å²) in [5.74, 6) is -1.10. The monoisotopic (exact) mass is 371 g/mol. The van der Waals surface area contributed by atoms with Crippen LogP contribution in [0.2, 0.25) is 5.02 Å². The molecule has 0 spiro atoms. The Morgan fingerprint density at radius 3 is 2.46 bits per heavy atom. The number of carboxylic acids is 1. The Morgan fingerprint density at radius 2 is 1.85 bits per heavy atom. The van der Waals surface area contributed by atoms with Crippen molar-refractivity contribution in [2.75, 3.05) is 0 Å². The summed E-state index contributed by atoms with van der Waals surface area (Å²) in [5, 5.41) is 9.75. The number of rotatable bonds is 3. The highest BCUT2D eigenvalue weighted by Crippen LogP contribution is 2.41. The number of hydrogen-bond donors (Lipinski definition) is 1. The second-order valence-electron chi connectivity index (χ2n) is 7.60. The molecule has 1 atom stereocenters. The molecule has 1 N–H and O–H groups in total. The molecule has 0 saturated heterocycles. The highest BCUT2D eigenvalue weighted by molar-refractivity contribution is 6.33. The summed E-state index contributed by atoms with van der Waals surface area (Å²) in [7, 11) is 0. The second kappa shape index (κ2) is 6.76. The number of aryl methyl sites for hydroxylation is 1. The van der Waals surface area contributed by atoms with E-state index in [0.717, 1.165) is 24.0 Å². The first-order valence-electron chi connectivity index (χ1n) is 8.64. The van der Waals surface area contributed by atoms with Crippen LogP contribution in [0.15, 0.2) is 42.5 Å². The lowest BCUT2D eigenvalue weighted by Gasteiger charge is -2.41. The minimum absolute atomic E-state index is 0.137. The highest BCUT2D eigenvalue weighted by Gasteiger charge is 2.38. The molecule has 1 unspecified atom stereocenters. The topological polar surface area (TPSA) is 57.6 Å². The molecule has 0 aliphatic heterocycles. The largest absolute Gasteiger partial charge is 0.478 e. The van der Waals surface area contributed by atoms with Gasteiger partial charge in [0.2, 0.25) is 0 Å². The van der Waals surface area contributed by atoms with Gasteiger partial charge in [-0.3, -0.25) is 4.79 Å². The van der Waals surface area contributed by atoms with Crippen molar-refractivity contribution in [3.05, 3.63) is 69.7 Å². The molecule has 1 amide bonds. The second-order valence-corrected chi connectivity index (χ2v) is 8.01. The fourth-order valence-electron chi connectivity index (χ4n) is 3.66. The van der Waals surface area contributed by atoms with Crippen LogP contribution in [0.5, 0.6) is 0 Å². The van der Waals surface area contributed by atoms with E-state index in [0.29, 0.717) is 10.6 Å². The van der Waals surface area contributed by atoms with Crippen molar-refractivity contribution in [3.8, 4) is 0 Å². The molecule has 2 aromatic rings. The van der Waals surface area contributed by atoms with Gasteiger partial charge in [0.1, 0.15) is 0 Å². The van der Waals surface area contributed by atoms with Crippen LogP contribution in [0.25, 0.3) is 0 Å². The average Bonchev–Trinajstić information content (AvgIpc) is 2.97. The smallest absolute Gasteiger partial charge is 0.335 e. The van der Waals surface area contributed by atoms with Crippen LogP contribution >= 0.6 is 11.6 Å². The van der Waals surface area contributed by atoms with Gasteiger partial charge < -0.3 is 10.0 Å². The Balaban J connectivity index is 2.07. The highest BCUT2D eigenvalue weighted by atomic mass is 35.5. The first-order chi connectivity index (χ1) is 12.2. The Bertz CT molecular complexity index is 870. The molecule has 0 bridgehead atoms. The van der Waals surface area contributed by atoms with Gasteiger partial charge in [-0.15, -0.1) is 0 Å². The summed E-state index contributed by atoms with van der Waals surface area (Å²) in [6.45, 7) is 5.96. The maximum atomic E-state index is 13.4. The Morgan fingerprint density at radius 1 is 1.15 bits per heavy atom.